The minimum Gasteiger partial charge on any atom is -0.192 e. The van der Waals surface area contributed by atoms with Crippen LogP contribution in [0.4, 0.5) is 0 Å². The topological polar surface area (TPSA) is 23.8 Å². The van der Waals surface area contributed by atoms with Gasteiger partial charge < -0.3 is 0 Å². The standard InChI is InChI=1S/C13H15NS/c1-3-4-9-15-13-8-6-5-7-12(13)11(2)10-14/h5-8H,2-4,9H2,1H3. The van der Waals surface area contributed by atoms with Crippen LogP contribution < -0.4 is 0 Å². The zero-order valence-electron chi connectivity index (χ0n) is 8.99. The van der Waals surface area contributed by atoms with Crippen LogP contribution in [0.3, 0.4) is 0 Å². The highest BCUT2D eigenvalue weighted by atomic mass is 32.2. The summed E-state index contributed by atoms with van der Waals surface area (Å²) >= 11 is 1.80. The first-order chi connectivity index (χ1) is 7.29. The van der Waals surface area contributed by atoms with Crippen LogP contribution in [0.2, 0.25) is 0 Å². The average molecular weight is 217 g/mol. The van der Waals surface area contributed by atoms with E-state index in [0.717, 1.165) is 16.2 Å². The van der Waals surface area contributed by atoms with E-state index in [1.165, 1.54) is 12.8 Å². The maximum absolute atomic E-state index is 8.83. The van der Waals surface area contributed by atoms with Gasteiger partial charge in [-0.1, -0.05) is 38.1 Å². The van der Waals surface area contributed by atoms with Gasteiger partial charge in [0.1, 0.15) is 0 Å². The van der Waals surface area contributed by atoms with Gasteiger partial charge in [0.2, 0.25) is 0 Å². The Bertz CT molecular complexity index is 376. The number of unbranched alkanes of at least 4 members (excludes halogenated alkanes) is 1. The van der Waals surface area contributed by atoms with E-state index in [9.17, 15) is 0 Å². The Morgan fingerprint density at radius 2 is 2.20 bits per heavy atom. The minimum atomic E-state index is 0.551. The third-order valence-corrected chi connectivity index (χ3v) is 3.26. The van der Waals surface area contributed by atoms with Gasteiger partial charge in [0.15, 0.2) is 0 Å². The average Bonchev–Trinajstić information content (AvgIpc) is 2.29. The Hall–Kier alpha value is -1.20. The van der Waals surface area contributed by atoms with Crippen LogP contribution in [-0.4, -0.2) is 5.75 Å². The molecule has 1 aromatic carbocycles. The van der Waals surface area contributed by atoms with Crippen molar-refractivity contribution >= 4 is 17.3 Å². The first kappa shape index (κ1) is 11.9. The lowest BCUT2D eigenvalue weighted by Crippen LogP contribution is -1.86. The van der Waals surface area contributed by atoms with E-state index in [0.29, 0.717) is 5.57 Å². The van der Waals surface area contributed by atoms with E-state index in [-0.39, 0.29) is 0 Å². The zero-order valence-corrected chi connectivity index (χ0v) is 9.81. The van der Waals surface area contributed by atoms with Crippen molar-refractivity contribution in [1.29, 1.82) is 5.26 Å². The Labute approximate surface area is 95.8 Å². The smallest absolute Gasteiger partial charge is 0.0992 e. The summed E-state index contributed by atoms with van der Waals surface area (Å²) in [5, 5.41) is 8.83. The molecular weight excluding hydrogens is 202 g/mol. The third-order valence-electron chi connectivity index (χ3n) is 2.10. The highest BCUT2D eigenvalue weighted by Crippen LogP contribution is 2.27. The van der Waals surface area contributed by atoms with Crippen LogP contribution in [-0.2, 0) is 0 Å². The number of allylic oxidation sites excluding steroid dienone is 1. The molecule has 15 heavy (non-hydrogen) atoms. The molecule has 0 atom stereocenters. The molecule has 0 heterocycles. The van der Waals surface area contributed by atoms with E-state index in [4.69, 9.17) is 5.26 Å². The molecule has 2 heteroatoms. The Morgan fingerprint density at radius 3 is 2.87 bits per heavy atom. The van der Waals surface area contributed by atoms with Gasteiger partial charge in [0.25, 0.3) is 0 Å². The number of nitriles is 1. The summed E-state index contributed by atoms with van der Waals surface area (Å²) in [6.07, 6.45) is 2.41. The van der Waals surface area contributed by atoms with Crippen molar-refractivity contribution in [2.75, 3.05) is 5.75 Å². The lowest BCUT2D eigenvalue weighted by molar-refractivity contribution is 0.896. The summed E-state index contributed by atoms with van der Waals surface area (Å²) in [5.41, 5.74) is 1.52. The first-order valence-electron chi connectivity index (χ1n) is 5.10. The molecule has 1 nitrogen and oxygen atoms in total. The first-order valence-corrected chi connectivity index (χ1v) is 6.09. The quantitative estimate of drug-likeness (QED) is 0.421. The Balaban J connectivity index is 2.78. The van der Waals surface area contributed by atoms with E-state index in [1.54, 1.807) is 11.8 Å². The van der Waals surface area contributed by atoms with E-state index in [1.807, 2.05) is 18.2 Å². The van der Waals surface area contributed by atoms with Gasteiger partial charge in [-0.3, -0.25) is 0 Å². The maximum Gasteiger partial charge on any atom is 0.0992 e. The number of hydrogen-bond donors (Lipinski definition) is 0. The fraction of sp³-hybridized carbons (Fsp3) is 0.308. The van der Waals surface area contributed by atoms with Crippen molar-refractivity contribution in [3.05, 3.63) is 36.4 Å². The van der Waals surface area contributed by atoms with Gasteiger partial charge in [0.05, 0.1) is 11.6 Å². The fourth-order valence-electron chi connectivity index (χ4n) is 1.23. The summed E-state index contributed by atoms with van der Waals surface area (Å²) in [4.78, 5) is 1.16. The van der Waals surface area contributed by atoms with Crippen LogP contribution >= 0.6 is 11.8 Å². The second kappa shape index (κ2) is 6.31. The summed E-state index contributed by atoms with van der Waals surface area (Å²) in [5.74, 6) is 1.10. The van der Waals surface area contributed by atoms with Crippen molar-refractivity contribution < 1.29 is 0 Å². The Kier molecular flexibility index (Phi) is 5.00. The van der Waals surface area contributed by atoms with Crippen molar-refractivity contribution in [2.45, 2.75) is 24.7 Å². The van der Waals surface area contributed by atoms with E-state index < -0.39 is 0 Å². The van der Waals surface area contributed by atoms with Crippen LogP contribution in [0.15, 0.2) is 35.7 Å². The zero-order chi connectivity index (χ0) is 11.1. The molecule has 0 aliphatic heterocycles. The number of hydrogen-bond acceptors (Lipinski definition) is 2. The van der Waals surface area contributed by atoms with Crippen molar-refractivity contribution in [1.82, 2.24) is 0 Å². The van der Waals surface area contributed by atoms with Crippen LogP contribution in [0.5, 0.6) is 0 Å². The molecule has 0 unspecified atom stereocenters. The third kappa shape index (κ3) is 3.45. The predicted octanol–water partition coefficient (Wildman–Crippen LogP) is 4.12. The number of rotatable bonds is 5. The molecule has 0 spiro atoms. The van der Waals surface area contributed by atoms with E-state index in [2.05, 4.69) is 25.6 Å². The molecule has 1 aromatic rings. The molecule has 0 aliphatic carbocycles. The summed E-state index contributed by atoms with van der Waals surface area (Å²) in [7, 11) is 0. The molecule has 1 rings (SSSR count). The molecule has 0 saturated carbocycles. The van der Waals surface area contributed by atoms with Gasteiger partial charge in [0, 0.05) is 10.5 Å². The molecule has 0 amide bonds. The number of nitrogens with zero attached hydrogens (tertiary/aromatic N) is 1. The van der Waals surface area contributed by atoms with Crippen LogP contribution in [0.1, 0.15) is 25.3 Å². The largest absolute Gasteiger partial charge is 0.192 e. The molecule has 0 saturated heterocycles. The van der Waals surface area contributed by atoms with Crippen molar-refractivity contribution in [2.24, 2.45) is 0 Å². The second-order valence-corrected chi connectivity index (χ2v) is 4.43. The molecule has 0 fully saturated rings. The predicted molar refractivity (Wildman–Crippen MR) is 66.7 cm³/mol. The molecule has 0 aromatic heterocycles. The summed E-state index contributed by atoms with van der Waals surface area (Å²) < 4.78 is 0. The van der Waals surface area contributed by atoms with E-state index >= 15 is 0 Å². The molecule has 0 aliphatic rings. The lowest BCUT2D eigenvalue weighted by atomic mass is 10.1. The Morgan fingerprint density at radius 1 is 1.47 bits per heavy atom. The molecule has 78 valence electrons. The molecule has 0 N–H and O–H groups in total. The minimum absolute atomic E-state index is 0.551. The molecule has 0 bridgehead atoms. The number of thioether (sulfide) groups is 1. The number of benzene rings is 1. The lowest BCUT2D eigenvalue weighted by Gasteiger charge is -2.06. The van der Waals surface area contributed by atoms with Crippen LogP contribution in [0.25, 0.3) is 5.57 Å². The fourth-order valence-corrected chi connectivity index (χ4v) is 2.40. The highest BCUT2D eigenvalue weighted by Gasteiger charge is 2.04. The summed E-state index contributed by atoms with van der Waals surface area (Å²) in [6.45, 7) is 5.94. The second-order valence-electron chi connectivity index (χ2n) is 3.29. The summed E-state index contributed by atoms with van der Waals surface area (Å²) in [6, 6.07) is 10.1. The highest BCUT2D eigenvalue weighted by molar-refractivity contribution is 7.99. The monoisotopic (exact) mass is 217 g/mol. The maximum atomic E-state index is 8.83. The van der Waals surface area contributed by atoms with Crippen LogP contribution in [0, 0.1) is 11.3 Å². The van der Waals surface area contributed by atoms with Gasteiger partial charge in [-0.05, 0) is 18.2 Å². The van der Waals surface area contributed by atoms with Crippen molar-refractivity contribution in [3.8, 4) is 6.07 Å². The van der Waals surface area contributed by atoms with Gasteiger partial charge in [-0.15, -0.1) is 11.8 Å². The molecular formula is C13H15NS. The molecule has 0 radical (unpaired) electrons. The normalized spacial score (nSPS) is 9.60. The van der Waals surface area contributed by atoms with Gasteiger partial charge in [-0.2, -0.15) is 5.26 Å². The van der Waals surface area contributed by atoms with Crippen molar-refractivity contribution in [3.63, 3.8) is 0 Å². The SMILES string of the molecule is C=C(C#N)c1ccccc1SCCCC. The van der Waals surface area contributed by atoms with Gasteiger partial charge >= 0.3 is 0 Å². The van der Waals surface area contributed by atoms with Gasteiger partial charge in [-0.25, -0.2) is 0 Å².